The normalized spacial score (nSPS) is 15.2. The molecule has 3 N–H and O–H groups in total. The predicted molar refractivity (Wildman–Crippen MR) is 143 cm³/mol. The standard InChI is InChI=1S/C27H35N5O5/c1-26(2,34)10-13-31-17-19-15-23(28-25(33)18-6-5-7-21(14-18)32(36)37)24(16-22(19)29-31)30-11-8-20(9-12-30)27(3,4)35/h5-7,14-17,20,34-35H,8-13H2,1-4H3,(H,28,33). The van der Waals surface area contributed by atoms with Gasteiger partial charge >= 0.3 is 0 Å². The number of carbonyl (C=O) groups excluding carboxylic acids is 1. The van der Waals surface area contributed by atoms with E-state index in [1.807, 2.05) is 32.2 Å². The third kappa shape index (κ3) is 6.44. The summed E-state index contributed by atoms with van der Waals surface area (Å²) in [6.45, 7) is 9.15. The van der Waals surface area contributed by atoms with Gasteiger partial charge in [0.2, 0.25) is 0 Å². The van der Waals surface area contributed by atoms with Crippen molar-refractivity contribution >= 4 is 33.9 Å². The number of fused-ring (bicyclic) bond motifs is 1. The predicted octanol–water partition coefficient (Wildman–Crippen LogP) is 4.35. The Kier molecular flexibility index (Phi) is 7.25. The van der Waals surface area contributed by atoms with Crippen LogP contribution in [0.1, 0.15) is 57.3 Å². The largest absolute Gasteiger partial charge is 0.390 e. The first-order valence-electron chi connectivity index (χ1n) is 12.6. The molecule has 0 bridgehead atoms. The van der Waals surface area contributed by atoms with E-state index >= 15 is 0 Å². The van der Waals surface area contributed by atoms with Gasteiger partial charge in [0, 0.05) is 48.9 Å². The first-order valence-corrected chi connectivity index (χ1v) is 12.6. The molecule has 1 aliphatic heterocycles. The van der Waals surface area contributed by atoms with E-state index in [0.717, 1.165) is 29.4 Å². The third-order valence-corrected chi connectivity index (χ3v) is 7.02. The number of rotatable bonds is 8. The highest BCUT2D eigenvalue weighted by Gasteiger charge is 2.31. The molecule has 0 atom stereocenters. The van der Waals surface area contributed by atoms with E-state index in [1.165, 1.54) is 18.2 Å². The van der Waals surface area contributed by atoms with Crippen LogP contribution in [0.15, 0.2) is 42.6 Å². The molecule has 10 nitrogen and oxygen atoms in total. The molecule has 2 heterocycles. The van der Waals surface area contributed by atoms with Crippen molar-refractivity contribution in [2.75, 3.05) is 23.3 Å². The highest BCUT2D eigenvalue weighted by molar-refractivity contribution is 6.07. The lowest BCUT2D eigenvalue weighted by atomic mass is 9.83. The number of benzene rings is 2. The number of nitrogens with zero attached hydrogens (tertiary/aromatic N) is 4. The van der Waals surface area contributed by atoms with E-state index in [9.17, 15) is 25.1 Å². The monoisotopic (exact) mass is 509 g/mol. The highest BCUT2D eigenvalue weighted by atomic mass is 16.6. The lowest BCUT2D eigenvalue weighted by Crippen LogP contribution is -2.42. The third-order valence-electron chi connectivity index (χ3n) is 7.02. The van der Waals surface area contributed by atoms with Crippen LogP contribution in [0.3, 0.4) is 0 Å². The zero-order valence-electron chi connectivity index (χ0n) is 21.8. The molecule has 1 amide bonds. The van der Waals surface area contributed by atoms with Gasteiger partial charge in [-0.15, -0.1) is 0 Å². The van der Waals surface area contributed by atoms with Crippen molar-refractivity contribution < 1.29 is 19.9 Å². The van der Waals surface area contributed by atoms with E-state index in [-0.39, 0.29) is 17.2 Å². The van der Waals surface area contributed by atoms with E-state index in [2.05, 4.69) is 15.3 Å². The number of anilines is 2. The summed E-state index contributed by atoms with van der Waals surface area (Å²) in [6, 6.07) is 9.47. The summed E-state index contributed by atoms with van der Waals surface area (Å²) in [4.78, 5) is 26.0. The molecular weight excluding hydrogens is 474 g/mol. The zero-order chi connectivity index (χ0) is 27.0. The maximum Gasteiger partial charge on any atom is 0.270 e. The van der Waals surface area contributed by atoms with Crippen LogP contribution in [0.4, 0.5) is 17.1 Å². The van der Waals surface area contributed by atoms with Crippen molar-refractivity contribution in [1.29, 1.82) is 0 Å². The minimum atomic E-state index is -0.814. The molecule has 37 heavy (non-hydrogen) atoms. The zero-order valence-corrected chi connectivity index (χ0v) is 21.8. The Morgan fingerprint density at radius 3 is 2.49 bits per heavy atom. The molecule has 0 radical (unpaired) electrons. The van der Waals surface area contributed by atoms with Crippen molar-refractivity contribution in [2.24, 2.45) is 5.92 Å². The van der Waals surface area contributed by atoms with Gasteiger partial charge in [0.05, 0.1) is 33.0 Å². The quantitative estimate of drug-likeness (QED) is 0.304. The fourth-order valence-electron chi connectivity index (χ4n) is 4.76. The summed E-state index contributed by atoms with van der Waals surface area (Å²) >= 11 is 0. The molecule has 1 aromatic heterocycles. The van der Waals surface area contributed by atoms with E-state index in [0.29, 0.717) is 31.7 Å². The van der Waals surface area contributed by atoms with Crippen LogP contribution < -0.4 is 10.2 Å². The summed E-state index contributed by atoms with van der Waals surface area (Å²) in [5.74, 6) is -0.262. The molecule has 0 unspecified atom stereocenters. The molecule has 3 aromatic rings. The summed E-state index contributed by atoms with van der Waals surface area (Å²) in [5, 5.41) is 40.2. The van der Waals surface area contributed by atoms with E-state index < -0.39 is 22.0 Å². The summed E-state index contributed by atoms with van der Waals surface area (Å²) in [6.07, 6.45) is 4.03. The molecule has 2 aromatic carbocycles. The number of nitro benzene ring substituents is 1. The van der Waals surface area contributed by atoms with Gasteiger partial charge in [0.25, 0.3) is 11.6 Å². The minimum Gasteiger partial charge on any atom is -0.390 e. The van der Waals surface area contributed by atoms with E-state index in [4.69, 9.17) is 0 Å². The Balaban J connectivity index is 1.66. The number of aryl methyl sites for hydroxylation is 1. The lowest BCUT2D eigenvalue weighted by Gasteiger charge is -2.39. The van der Waals surface area contributed by atoms with Gasteiger partial charge in [-0.3, -0.25) is 19.6 Å². The summed E-state index contributed by atoms with van der Waals surface area (Å²) < 4.78 is 1.79. The van der Waals surface area contributed by atoms with Crippen molar-refractivity contribution in [3.63, 3.8) is 0 Å². The van der Waals surface area contributed by atoms with Gasteiger partial charge in [-0.1, -0.05) is 6.07 Å². The molecule has 0 spiro atoms. The molecule has 1 aliphatic rings. The molecular formula is C27H35N5O5. The number of hydrogen-bond donors (Lipinski definition) is 3. The van der Waals surface area contributed by atoms with Crippen LogP contribution in [0.5, 0.6) is 0 Å². The van der Waals surface area contributed by atoms with Gasteiger partial charge in [0.15, 0.2) is 0 Å². The van der Waals surface area contributed by atoms with Gasteiger partial charge in [-0.2, -0.15) is 5.10 Å². The van der Waals surface area contributed by atoms with Crippen LogP contribution in [-0.4, -0.2) is 55.1 Å². The van der Waals surface area contributed by atoms with Crippen molar-refractivity contribution in [2.45, 2.75) is 64.7 Å². The average Bonchev–Trinajstić information content (AvgIpc) is 3.23. The second-order valence-electron chi connectivity index (χ2n) is 11.1. The molecule has 1 fully saturated rings. The maximum absolute atomic E-state index is 13.1. The van der Waals surface area contributed by atoms with Gasteiger partial charge < -0.3 is 20.4 Å². The number of aliphatic hydroxyl groups is 2. The first kappa shape index (κ1) is 26.6. The number of aromatic nitrogens is 2. The summed E-state index contributed by atoms with van der Waals surface area (Å²) in [5.41, 5.74) is 0.650. The second-order valence-corrected chi connectivity index (χ2v) is 11.1. The van der Waals surface area contributed by atoms with Gasteiger partial charge in [0.1, 0.15) is 0 Å². The fourth-order valence-corrected chi connectivity index (χ4v) is 4.76. The minimum absolute atomic E-state index is 0.148. The van der Waals surface area contributed by atoms with Crippen LogP contribution in [0, 0.1) is 16.0 Å². The molecule has 4 rings (SSSR count). The van der Waals surface area contributed by atoms with Crippen molar-refractivity contribution in [3.8, 4) is 0 Å². The SMILES string of the molecule is CC(C)(O)CCn1cc2cc(NC(=O)c3cccc([N+](=O)[O-])c3)c(N3CCC(C(C)(C)O)CC3)cc2n1. The van der Waals surface area contributed by atoms with Gasteiger partial charge in [-0.05, 0) is 71.1 Å². The van der Waals surface area contributed by atoms with Crippen LogP contribution in [0.25, 0.3) is 10.9 Å². The molecule has 0 saturated carbocycles. The topological polar surface area (TPSA) is 134 Å². The number of hydrogen-bond acceptors (Lipinski definition) is 7. The van der Waals surface area contributed by atoms with E-state index in [1.54, 1.807) is 24.6 Å². The Bertz CT molecular complexity index is 1300. The van der Waals surface area contributed by atoms with Crippen LogP contribution in [0.2, 0.25) is 0 Å². The average molecular weight is 510 g/mol. The fraction of sp³-hybridized carbons (Fsp3) is 0.481. The Labute approximate surface area is 216 Å². The van der Waals surface area contributed by atoms with Crippen molar-refractivity contribution in [3.05, 3.63) is 58.3 Å². The first-order chi connectivity index (χ1) is 17.3. The number of amides is 1. The summed E-state index contributed by atoms with van der Waals surface area (Å²) in [7, 11) is 0. The van der Waals surface area contributed by atoms with Gasteiger partial charge in [-0.25, -0.2) is 0 Å². The number of nitro groups is 1. The number of piperidine rings is 1. The Morgan fingerprint density at radius 1 is 1.16 bits per heavy atom. The number of carbonyl (C=O) groups is 1. The number of nitrogens with one attached hydrogen (secondary N) is 1. The smallest absolute Gasteiger partial charge is 0.270 e. The lowest BCUT2D eigenvalue weighted by molar-refractivity contribution is -0.384. The number of non-ortho nitro benzene ring substituents is 1. The maximum atomic E-state index is 13.1. The van der Waals surface area contributed by atoms with Crippen LogP contribution in [-0.2, 0) is 6.54 Å². The highest BCUT2D eigenvalue weighted by Crippen LogP contribution is 2.36. The van der Waals surface area contributed by atoms with Crippen molar-refractivity contribution in [1.82, 2.24) is 9.78 Å². The molecule has 0 aliphatic carbocycles. The second kappa shape index (κ2) is 10.1. The molecule has 10 heteroatoms. The Hall–Kier alpha value is -3.50. The molecule has 198 valence electrons. The Morgan fingerprint density at radius 2 is 1.86 bits per heavy atom. The van der Waals surface area contributed by atoms with Crippen LogP contribution >= 0.6 is 0 Å². The molecule has 1 saturated heterocycles.